The Morgan fingerprint density at radius 1 is 1.12 bits per heavy atom. The molecule has 1 aliphatic rings. The highest BCUT2D eigenvalue weighted by Gasteiger charge is 2.20. The molecule has 2 N–H and O–H groups in total. The van der Waals surface area contributed by atoms with Crippen LogP contribution in [0.4, 0.5) is 5.69 Å². The summed E-state index contributed by atoms with van der Waals surface area (Å²) < 4.78 is 15.5. The second-order valence-corrected chi connectivity index (χ2v) is 5.15. The van der Waals surface area contributed by atoms with Gasteiger partial charge in [-0.15, -0.1) is 0 Å². The normalized spacial score (nSPS) is 13.2. The van der Waals surface area contributed by atoms with Gasteiger partial charge in [0.1, 0.15) is 5.75 Å². The molecule has 0 aliphatic carbocycles. The minimum atomic E-state index is -0.989. The Kier molecular flexibility index (Phi) is 4.24. The first-order valence-corrected chi connectivity index (χ1v) is 7.23. The molecule has 2 aromatic rings. The number of anilines is 1. The lowest BCUT2D eigenvalue weighted by molar-refractivity contribution is -0.123. The average molecular weight is 329 g/mol. The van der Waals surface area contributed by atoms with Crippen LogP contribution in [0.1, 0.15) is 17.3 Å². The van der Waals surface area contributed by atoms with Crippen LogP contribution in [0.5, 0.6) is 17.2 Å². The van der Waals surface area contributed by atoms with E-state index in [1.54, 1.807) is 18.2 Å². The van der Waals surface area contributed by atoms with Crippen molar-refractivity contribution in [1.82, 2.24) is 0 Å². The zero-order valence-electron chi connectivity index (χ0n) is 12.8. The summed E-state index contributed by atoms with van der Waals surface area (Å²) in [6.07, 6.45) is -0.989. The highest BCUT2D eigenvalue weighted by Crippen LogP contribution is 2.34. The molecule has 7 nitrogen and oxygen atoms in total. The topological polar surface area (TPSA) is 94.1 Å². The van der Waals surface area contributed by atoms with Gasteiger partial charge in [0.25, 0.3) is 5.91 Å². The van der Waals surface area contributed by atoms with E-state index in [2.05, 4.69) is 5.32 Å². The van der Waals surface area contributed by atoms with Crippen molar-refractivity contribution in [2.24, 2.45) is 0 Å². The summed E-state index contributed by atoms with van der Waals surface area (Å²) in [6.45, 7) is 1.62. The number of amides is 1. The van der Waals surface area contributed by atoms with Gasteiger partial charge in [-0.3, -0.25) is 4.79 Å². The highest BCUT2D eigenvalue weighted by molar-refractivity contribution is 5.97. The van der Waals surface area contributed by atoms with Crippen LogP contribution in [0.25, 0.3) is 0 Å². The van der Waals surface area contributed by atoms with Crippen molar-refractivity contribution in [3.63, 3.8) is 0 Å². The SMILES string of the molecule is C[C@H](OC(=O)c1ccc(O)cc1)C(=O)Nc1ccc2c(c1)OCO2. The lowest BCUT2D eigenvalue weighted by Gasteiger charge is -2.14. The molecular formula is C17H15NO6. The Morgan fingerprint density at radius 3 is 2.58 bits per heavy atom. The average Bonchev–Trinajstić information content (AvgIpc) is 3.03. The van der Waals surface area contributed by atoms with E-state index in [0.29, 0.717) is 17.2 Å². The molecule has 0 fully saturated rings. The molecule has 1 amide bonds. The zero-order chi connectivity index (χ0) is 17.1. The molecule has 3 rings (SSSR count). The summed E-state index contributed by atoms with van der Waals surface area (Å²) >= 11 is 0. The van der Waals surface area contributed by atoms with Crippen LogP contribution in [-0.2, 0) is 9.53 Å². The number of esters is 1. The van der Waals surface area contributed by atoms with Crippen molar-refractivity contribution < 1.29 is 28.9 Å². The smallest absolute Gasteiger partial charge is 0.338 e. The van der Waals surface area contributed by atoms with Gasteiger partial charge in [-0.1, -0.05) is 0 Å². The molecule has 124 valence electrons. The molecule has 1 heterocycles. The number of fused-ring (bicyclic) bond motifs is 1. The van der Waals surface area contributed by atoms with E-state index in [0.717, 1.165) is 0 Å². The van der Waals surface area contributed by atoms with Crippen molar-refractivity contribution >= 4 is 17.6 Å². The first kappa shape index (κ1) is 15.7. The standard InChI is InChI=1S/C17H15NO6/c1-10(24-17(21)11-2-5-13(19)6-3-11)16(20)18-12-4-7-14-15(8-12)23-9-22-14/h2-8,10,19H,9H2,1H3,(H,18,20)/t10-/m0/s1. The largest absolute Gasteiger partial charge is 0.508 e. The lowest BCUT2D eigenvalue weighted by Crippen LogP contribution is -2.29. The Bertz CT molecular complexity index is 771. The van der Waals surface area contributed by atoms with Crippen molar-refractivity contribution in [3.8, 4) is 17.2 Å². The van der Waals surface area contributed by atoms with Crippen LogP contribution in [0.2, 0.25) is 0 Å². The van der Waals surface area contributed by atoms with Gasteiger partial charge in [0, 0.05) is 11.8 Å². The molecule has 0 bridgehead atoms. The minimum absolute atomic E-state index is 0.0418. The van der Waals surface area contributed by atoms with Crippen LogP contribution in [0, 0.1) is 0 Å². The first-order chi connectivity index (χ1) is 11.5. The number of nitrogens with one attached hydrogen (secondary N) is 1. The van der Waals surface area contributed by atoms with Crippen LogP contribution in [-0.4, -0.2) is 29.9 Å². The Morgan fingerprint density at radius 2 is 1.83 bits per heavy atom. The predicted molar refractivity (Wildman–Crippen MR) is 84.2 cm³/mol. The molecule has 7 heteroatoms. The summed E-state index contributed by atoms with van der Waals surface area (Å²) in [5.41, 5.74) is 0.757. The van der Waals surface area contributed by atoms with Crippen molar-refractivity contribution in [3.05, 3.63) is 48.0 Å². The first-order valence-electron chi connectivity index (χ1n) is 7.23. The second kappa shape index (κ2) is 6.49. The number of rotatable bonds is 4. The number of phenolic OH excluding ortho intramolecular Hbond substituents is 1. The Hall–Kier alpha value is -3.22. The number of benzene rings is 2. The maximum absolute atomic E-state index is 12.1. The van der Waals surface area contributed by atoms with Gasteiger partial charge in [-0.05, 0) is 43.3 Å². The van der Waals surface area contributed by atoms with Crippen molar-refractivity contribution in [2.45, 2.75) is 13.0 Å². The highest BCUT2D eigenvalue weighted by atomic mass is 16.7. The summed E-state index contributed by atoms with van der Waals surface area (Å²) in [5, 5.41) is 11.8. The maximum Gasteiger partial charge on any atom is 0.338 e. The number of hydrogen-bond acceptors (Lipinski definition) is 6. The third-order valence-corrected chi connectivity index (χ3v) is 3.40. The minimum Gasteiger partial charge on any atom is -0.508 e. The maximum atomic E-state index is 12.1. The molecule has 0 saturated carbocycles. The fraction of sp³-hybridized carbons (Fsp3) is 0.176. The summed E-state index contributed by atoms with van der Waals surface area (Å²) in [4.78, 5) is 24.1. The van der Waals surface area contributed by atoms with Gasteiger partial charge in [0.2, 0.25) is 6.79 Å². The van der Waals surface area contributed by atoms with Gasteiger partial charge >= 0.3 is 5.97 Å². The van der Waals surface area contributed by atoms with Crippen molar-refractivity contribution in [2.75, 3.05) is 12.1 Å². The number of carbonyl (C=O) groups is 2. The molecule has 24 heavy (non-hydrogen) atoms. The summed E-state index contributed by atoms with van der Waals surface area (Å²) in [7, 11) is 0. The molecule has 2 aromatic carbocycles. The Balaban J connectivity index is 1.60. The molecule has 0 unspecified atom stereocenters. The molecule has 0 radical (unpaired) electrons. The van der Waals surface area contributed by atoms with E-state index in [-0.39, 0.29) is 18.1 Å². The van der Waals surface area contributed by atoms with E-state index in [9.17, 15) is 14.7 Å². The molecular weight excluding hydrogens is 314 g/mol. The van der Waals surface area contributed by atoms with Gasteiger partial charge < -0.3 is 24.6 Å². The fourth-order valence-corrected chi connectivity index (χ4v) is 2.10. The number of carbonyl (C=O) groups excluding carboxylic acids is 2. The summed E-state index contributed by atoms with van der Waals surface area (Å²) in [6, 6.07) is 10.6. The van der Waals surface area contributed by atoms with Crippen LogP contribution >= 0.6 is 0 Å². The third kappa shape index (κ3) is 3.40. The number of ether oxygens (including phenoxy) is 3. The van der Waals surface area contributed by atoms with E-state index >= 15 is 0 Å². The number of hydrogen-bond donors (Lipinski definition) is 2. The van der Waals surface area contributed by atoms with Crippen molar-refractivity contribution in [1.29, 1.82) is 0 Å². The monoisotopic (exact) mass is 329 g/mol. The van der Waals surface area contributed by atoms with Crippen LogP contribution in [0.15, 0.2) is 42.5 Å². The predicted octanol–water partition coefficient (Wildman–Crippen LogP) is 2.30. The quantitative estimate of drug-likeness (QED) is 0.836. The van der Waals surface area contributed by atoms with Gasteiger partial charge in [-0.25, -0.2) is 4.79 Å². The van der Waals surface area contributed by atoms with Crippen LogP contribution < -0.4 is 14.8 Å². The van der Waals surface area contributed by atoms with Gasteiger partial charge in [-0.2, -0.15) is 0 Å². The molecule has 1 aliphatic heterocycles. The number of phenols is 1. The van der Waals surface area contributed by atoms with Crippen LogP contribution in [0.3, 0.4) is 0 Å². The van der Waals surface area contributed by atoms with E-state index < -0.39 is 18.0 Å². The lowest BCUT2D eigenvalue weighted by atomic mass is 10.2. The van der Waals surface area contributed by atoms with E-state index in [1.807, 2.05) is 0 Å². The second-order valence-electron chi connectivity index (χ2n) is 5.15. The third-order valence-electron chi connectivity index (χ3n) is 3.40. The molecule has 0 spiro atoms. The van der Waals surface area contributed by atoms with E-state index in [1.165, 1.54) is 31.2 Å². The summed E-state index contributed by atoms with van der Waals surface area (Å²) in [5.74, 6) is 0.0748. The molecule has 0 aromatic heterocycles. The zero-order valence-corrected chi connectivity index (χ0v) is 12.8. The van der Waals surface area contributed by atoms with Gasteiger partial charge in [0.15, 0.2) is 17.6 Å². The number of aromatic hydroxyl groups is 1. The molecule has 1 atom stereocenters. The van der Waals surface area contributed by atoms with Gasteiger partial charge in [0.05, 0.1) is 5.56 Å². The molecule has 0 saturated heterocycles. The fourth-order valence-electron chi connectivity index (χ4n) is 2.10. The Labute approximate surface area is 137 Å². The van der Waals surface area contributed by atoms with E-state index in [4.69, 9.17) is 14.2 Å².